The van der Waals surface area contributed by atoms with E-state index in [0.29, 0.717) is 6.54 Å². The van der Waals surface area contributed by atoms with Crippen LogP contribution < -0.4 is 10.1 Å². The molecule has 0 unspecified atom stereocenters. The van der Waals surface area contributed by atoms with Crippen molar-refractivity contribution in [1.29, 1.82) is 0 Å². The van der Waals surface area contributed by atoms with Crippen LogP contribution in [-0.2, 0) is 11.2 Å². The maximum atomic E-state index is 11.4. The molecule has 0 atom stereocenters. The van der Waals surface area contributed by atoms with Crippen LogP contribution >= 0.6 is 0 Å². The van der Waals surface area contributed by atoms with Gasteiger partial charge < -0.3 is 14.8 Å². The minimum absolute atomic E-state index is 0.384. The maximum Gasteiger partial charge on any atom is 0.407 e. The van der Waals surface area contributed by atoms with Crippen LogP contribution in [0.5, 0.6) is 5.75 Å². The fraction of sp³-hybridized carbons (Fsp3) is 0.500. The second-order valence-electron chi connectivity index (χ2n) is 5.03. The molecule has 1 aromatic carbocycles. The minimum atomic E-state index is -0.458. The predicted molar refractivity (Wildman–Crippen MR) is 70.9 cm³/mol. The summed E-state index contributed by atoms with van der Waals surface area (Å²) in [6.07, 6.45) is 0.363. The molecule has 4 nitrogen and oxygen atoms in total. The first-order chi connectivity index (χ1) is 8.40. The molecular weight excluding hydrogens is 230 g/mol. The first-order valence-electron chi connectivity index (χ1n) is 6.00. The number of hydrogen-bond donors (Lipinski definition) is 1. The van der Waals surface area contributed by atoms with Crippen LogP contribution in [0.3, 0.4) is 0 Å². The van der Waals surface area contributed by atoms with Gasteiger partial charge in [0.2, 0.25) is 0 Å². The van der Waals surface area contributed by atoms with Crippen molar-refractivity contribution >= 4 is 6.09 Å². The average Bonchev–Trinajstić information content (AvgIpc) is 2.27. The fourth-order valence-electron chi connectivity index (χ4n) is 1.45. The number of benzene rings is 1. The smallest absolute Gasteiger partial charge is 0.407 e. The van der Waals surface area contributed by atoms with E-state index in [9.17, 15) is 4.79 Å². The summed E-state index contributed by atoms with van der Waals surface area (Å²) in [5, 5.41) is 2.72. The van der Waals surface area contributed by atoms with Crippen molar-refractivity contribution in [1.82, 2.24) is 5.32 Å². The summed E-state index contributed by atoms with van der Waals surface area (Å²) in [7, 11) is 1.64. The molecule has 100 valence electrons. The molecule has 0 aromatic heterocycles. The van der Waals surface area contributed by atoms with Crippen molar-refractivity contribution in [3.63, 3.8) is 0 Å². The van der Waals surface area contributed by atoms with Crippen molar-refractivity contribution in [3.8, 4) is 5.75 Å². The number of rotatable bonds is 4. The van der Waals surface area contributed by atoms with Crippen molar-refractivity contribution in [2.45, 2.75) is 32.8 Å². The molecule has 1 amide bonds. The lowest BCUT2D eigenvalue weighted by Gasteiger charge is -2.19. The molecule has 0 heterocycles. The number of carbonyl (C=O) groups is 1. The van der Waals surface area contributed by atoms with Gasteiger partial charge in [-0.1, -0.05) is 12.1 Å². The summed E-state index contributed by atoms with van der Waals surface area (Å²) in [6.45, 7) is 6.07. The topological polar surface area (TPSA) is 47.6 Å². The summed E-state index contributed by atoms with van der Waals surface area (Å²) >= 11 is 0. The fourth-order valence-corrected chi connectivity index (χ4v) is 1.45. The zero-order valence-corrected chi connectivity index (χ0v) is 11.4. The average molecular weight is 251 g/mol. The Morgan fingerprint density at radius 2 is 2.06 bits per heavy atom. The Kier molecular flexibility index (Phi) is 5.01. The summed E-state index contributed by atoms with van der Waals surface area (Å²) in [5.41, 5.74) is 0.658. The van der Waals surface area contributed by atoms with Crippen molar-refractivity contribution in [2.24, 2.45) is 0 Å². The van der Waals surface area contributed by atoms with Crippen molar-refractivity contribution in [3.05, 3.63) is 29.8 Å². The molecule has 1 rings (SSSR count). The van der Waals surface area contributed by atoms with Gasteiger partial charge in [0.15, 0.2) is 0 Å². The molecule has 0 aliphatic rings. The van der Waals surface area contributed by atoms with Crippen LogP contribution in [0.15, 0.2) is 24.3 Å². The summed E-state index contributed by atoms with van der Waals surface area (Å²) in [4.78, 5) is 11.4. The SMILES string of the molecule is COc1cccc(CCNC(=O)OC(C)(C)C)c1. The van der Waals surface area contributed by atoms with Gasteiger partial charge in [-0.15, -0.1) is 0 Å². The second-order valence-corrected chi connectivity index (χ2v) is 5.03. The number of alkyl carbamates (subject to hydrolysis) is 1. The molecule has 0 spiro atoms. The van der Waals surface area contributed by atoms with E-state index in [1.165, 1.54) is 0 Å². The van der Waals surface area contributed by atoms with Gasteiger partial charge in [-0.05, 0) is 44.9 Å². The maximum absolute atomic E-state index is 11.4. The first kappa shape index (κ1) is 14.4. The molecule has 0 saturated carbocycles. The highest BCUT2D eigenvalue weighted by Crippen LogP contribution is 2.12. The Labute approximate surface area is 108 Å². The third-order valence-corrected chi connectivity index (χ3v) is 2.22. The van der Waals surface area contributed by atoms with Gasteiger partial charge in [0.1, 0.15) is 11.4 Å². The van der Waals surface area contributed by atoms with Crippen LogP contribution in [0.4, 0.5) is 4.79 Å². The first-order valence-corrected chi connectivity index (χ1v) is 6.00. The van der Waals surface area contributed by atoms with E-state index >= 15 is 0 Å². The third-order valence-electron chi connectivity index (χ3n) is 2.22. The van der Waals surface area contributed by atoms with E-state index in [-0.39, 0.29) is 6.09 Å². The molecule has 0 fully saturated rings. The highest BCUT2D eigenvalue weighted by Gasteiger charge is 2.15. The Bertz CT molecular complexity index is 396. The van der Waals surface area contributed by atoms with Crippen LogP contribution in [0.2, 0.25) is 0 Å². The summed E-state index contributed by atoms with van der Waals surface area (Å²) < 4.78 is 10.3. The molecule has 0 radical (unpaired) electrons. The number of methoxy groups -OCH3 is 1. The quantitative estimate of drug-likeness (QED) is 0.895. The molecule has 1 aromatic rings. The molecular formula is C14H21NO3. The minimum Gasteiger partial charge on any atom is -0.497 e. The van der Waals surface area contributed by atoms with Gasteiger partial charge in [0.05, 0.1) is 7.11 Å². The lowest BCUT2D eigenvalue weighted by molar-refractivity contribution is 0.0528. The van der Waals surface area contributed by atoms with E-state index in [0.717, 1.165) is 17.7 Å². The highest BCUT2D eigenvalue weighted by molar-refractivity contribution is 5.67. The summed E-state index contributed by atoms with van der Waals surface area (Å²) in [6, 6.07) is 7.78. The van der Waals surface area contributed by atoms with Crippen LogP contribution in [0, 0.1) is 0 Å². The van der Waals surface area contributed by atoms with Gasteiger partial charge in [0.25, 0.3) is 0 Å². The highest BCUT2D eigenvalue weighted by atomic mass is 16.6. The molecule has 0 aliphatic carbocycles. The zero-order chi connectivity index (χ0) is 13.6. The Morgan fingerprint density at radius 1 is 1.33 bits per heavy atom. The number of ether oxygens (including phenoxy) is 2. The Morgan fingerprint density at radius 3 is 2.67 bits per heavy atom. The van der Waals surface area contributed by atoms with Gasteiger partial charge in [-0.3, -0.25) is 0 Å². The number of carbonyl (C=O) groups excluding carboxylic acids is 1. The number of nitrogens with one attached hydrogen (secondary N) is 1. The van der Waals surface area contributed by atoms with E-state index in [1.807, 2.05) is 45.0 Å². The third kappa shape index (κ3) is 5.57. The number of amides is 1. The number of hydrogen-bond acceptors (Lipinski definition) is 3. The molecule has 18 heavy (non-hydrogen) atoms. The second kappa shape index (κ2) is 6.28. The molecule has 0 aliphatic heterocycles. The van der Waals surface area contributed by atoms with Crippen LogP contribution in [0.25, 0.3) is 0 Å². The van der Waals surface area contributed by atoms with E-state index < -0.39 is 5.60 Å². The van der Waals surface area contributed by atoms with E-state index in [4.69, 9.17) is 9.47 Å². The molecule has 0 bridgehead atoms. The molecule has 0 saturated heterocycles. The van der Waals surface area contributed by atoms with E-state index in [1.54, 1.807) is 7.11 Å². The van der Waals surface area contributed by atoms with Crippen LogP contribution in [-0.4, -0.2) is 25.3 Å². The van der Waals surface area contributed by atoms with Gasteiger partial charge in [0, 0.05) is 6.54 Å². The Balaban J connectivity index is 2.35. The normalized spacial score (nSPS) is 10.9. The molecule has 1 N–H and O–H groups in total. The van der Waals surface area contributed by atoms with Gasteiger partial charge >= 0.3 is 6.09 Å². The standard InChI is InChI=1S/C14H21NO3/c1-14(2,3)18-13(16)15-9-8-11-6-5-7-12(10-11)17-4/h5-7,10H,8-9H2,1-4H3,(H,15,16). The largest absolute Gasteiger partial charge is 0.497 e. The predicted octanol–water partition coefficient (Wildman–Crippen LogP) is 2.76. The summed E-state index contributed by atoms with van der Waals surface area (Å²) in [5.74, 6) is 0.824. The lowest BCUT2D eigenvalue weighted by Crippen LogP contribution is -2.33. The monoisotopic (exact) mass is 251 g/mol. The van der Waals surface area contributed by atoms with Crippen LogP contribution in [0.1, 0.15) is 26.3 Å². The molecule has 4 heteroatoms. The van der Waals surface area contributed by atoms with Gasteiger partial charge in [-0.25, -0.2) is 4.79 Å². The van der Waals surface area contributed by atoms with Crippen molar-refractivity contribution in [2.75, 3.05) is 13.7 Å². The van der Waals surface area contributed by atoms with Crippen molar-refractivity contribution < 1.29 is 14.3 Å². The van der Waals surface area contributed by atoms with E-state index in [2.05, 4.69) is 5.32 Å². The zero-order valence-electron chi connectivity index (χ0n) is 11.4. The van der Waals surface area contributed by atoms with Gasteiger partial charge in [-0.2, -0.15) is 0 Å². The lowest BCUT2D eigenvalue weighted by atomic mass is 10.1. The Hall–Kier alpha value is -1.71.